The Morgan fingerprint density at radius 2 is 2.33 bits per heavy atom. The van der Waals surface area contributed by atoms with Crippen LogP contribution in [0.25, 0.3) is 4.85 Å². The molecule has 0 spiro atoms. The molecule has 6 heavy (non-hydrogen) atoms. The maximum absolute atomic E-state index is 6.43. The van der Waals surface area contributed by atoms with Gasteiger partial charge >= 0.3 is 0 Å². The number of nitrogens with zero attached hydrogens (tertiary/aromatic N) is 1. The van der Waals surface area contributed by atoms with Gasteiger partial charge in [0.2, 0.25) is 6.04 Å². The zero-order valence-electron chi connectivity index (χ0n) is 4.23. The van der Waals surface area contributed by atoms with Gasteiger partial charge in [0, 0.05) is 13.3 Å². The van der Waals surface area contributed by atoms with E-state index in [0.717, 1.165) is 6.42 Å². The van der Waals surface area contributed by atoms with E-state index in [2.05, 4.69) is 4.85 Å². The van der Waals surface area contributed by atoms with E-state index in [1.165, 1.54) is 0 Å². The molecule has 0 heterocycles. The summed E-state index contributed by atoms with van der Waals surface area (Å²) in [6.07, 6.45) is 0.976. The summed E-state index contributed by atoms with van der Waals surface area (Å²) in [5.41, 5.74) is 0. The predicted molar refractivity (Wildman–Crippen MR) is 26.4 cm³/mol. The highest BCUT2D eigenvalue weighted by Gasteiger charge is 1.93. The van der Waals surface area contributed by atoms with Gasteiger partial charge in [-0.05, 0) is 0 Å². The Kier molecular flexibility index (Phi) is 2.48. The van der Waals surface area contributed by atoms with Crippen molar-refractivity contribution < 1.29 is 0 Å². The fourth-order valence-electron chi connectivity index (χ4n) is 0.0913. The van der Waals surface area contributed by atoms with Gasteiger partial charge in [-0.3, -0.25) is 0 Å². The molecule has 0 aromatic carbocycles. The molecular formula is C5H9N. The molecule has 1 atom stereocenters. The molecule has 1 heteroatoms. The largest absolute Gasteiger partial charge is 0.314 e. The second-order valence-electron chi connectivity index (χ2n) is 1.39. The SMILES string of the molecule is [C-]#[N+]C(C)CC. The summed E-state index contributed by atoms with van der Waals surface area (Å²) < 4.78 is 0. The Bertz CT molecular complexity index is 60.8. The molecule has 0 saturated carbocycles. The van der Waals surface area contributed by atoms with Crippen LogP contribution >= 0.6 is 0 Å². The van der Waals surface area contributed by atoms with Crippen molar-refractivity contribution in [3.63, 3.8) is 0 Å². The molecule has 0 aliphatic rings. The van der Waals surface area contributed by atoms with Crippen molar-refractivity contribution >= 4 is 0 Å². The summed E-state index contributed by atoms with van der Waals surface area (Å²) in [5.74, 6) is 0. The van der Waals surface area contributed by atoms with E-state index in [-0.39, 0.29) is 6.04 Å². The zero-order valence-corrected chi connectivity index (χ0v) is 4.23. The van der Waals surface area contributed by atoms with E-state index in [9.17, 15) is 0 Å². The van der Waals surface area contributed by atoms with Crippen molar-refractivity contribution in [2.75, 3.05) is 0 Å². The number of rotatable bonds is 1. The van der Waals surface area contributed by atoms with Crippen LogP contribution in [0.4, 0.5) is 0 Å². The van der Waals surface area contributed by atoms with Crippen LogP contribution in [0.3, 0.4) is 0 Å². The van der Waals surface area contributed by atoms with E-state index in [0.29, 0.717) is 0 Å². The van der Waals surface area contributed by atoms with E-state index >= 15 is 0 Å². The second-order valence-corrected chi connectivity index (χ2v) is 1.39. The molecule has 0 N–H and O–H groups in total. The van der Waals surface area contributed by atoms with Crippen molar-refractivity contribution in [1.82, 2.24) is 0 Å². The third-order valence-corrected chi connectivity index (χ3v) is 0.811. The lowest BCUT2D eigenvalue weighted by Crippen LogP contribution is -1.87. The summed E-state index contributed by atoms with van der Waals surface area (Å²) in [4.78, 5) is 3.26. The van der Waals surface area contributed by atoms with Crippen LogP contribution in [-0.4, -0.2) is 6.04 Å². The van der Waals surface area contributed by atoms with Crippen molar-refractivity contribution in [1.29, 1.82) is 0 Å². The fraction of sp³-hybridized carbons (Fsp3) is 0.800. The lowest BCUT2D eigenvalue weighted by molar-refractivity contribution is 0.814. The zero-order chi connectivity index (χ0) is 4.99. The molecule has 0 saturated heterocycles. The summed E-state index contributed by atoms with van der Waals surface area (Å²) in [5, 5.41) is 0. The van der Waals surface area contributed by atoms with Crippen molar-refractivity contribution in [3.8, 4) is 0 Å². The van der Waals surface area contributed by atoms with Crippen LogP contribution in [0.2, 0.25) is 0 Å². The first kappa shape index (κ1) is 5.49. The molecular weight excluding hydrogens is 74.1 g/mol. The molecule has 0 rings (SSSR count). The quantitative estimate of drug-likeness (QED) is 0.425. The fourth-order valence-corrected chi connectivity index (χ4v) is 0.0913. The Morgan fingerprint density at radius 1 is 1.83 bits per heavy atom. The molecule has 0 aromatic rings. The Balaban J connectivity index is 3.04. The molecule has 0 aromatic heterocycles. The minimum atomic E-state index is 0.227. The van der Waals surface area contributed by atoms with E-state index in [1.807, 2.05) is 13.8 Å². The van der Waals surface area contributed by atoms with Crippen LogP contribution in [0.5, 0.6) is 0 Å². The maximum atomic E-state index is 6.43. The van der Waals surface area contributed by atoms with E-state index < -0.39 is 0 Å². The van der Waals surface area contributed by atoms with Crippen molar-refractivity contribution in [2.45, 2.75) is 26.3 Å². The van der Waals surface area contributed by atoms with Crippen LogP contribution in [0.1, 0.15) is 20.3 Å². The molecule has 0 bridgehead atoms. The summed E-state index contributed by atoms with van der Waals surface area (Å²) in [6.45, 7) is 10.4. The minimum absolute atomic E-state index is 0.227. The Labute approximate surface area is 38.8 Å². The topological polar surface area (TPSA) is 4.36 Å². The molecule has 0 fully saturated rings. The van der Waals surface area contributed by atoms with E-state index in [4.69, 9.17) is 6.57 Å². The summed E-state index contributed by atoms with van der Waals surface area (Å²) in [6, 6.07) is 0.227. The van der Waals surface area contributed by atoms with Gasteiger partial charge in [0.15, 0.2) is 0 Å². The Hall–Kier alpha value is -0.510. The third-order valence-electron chi connectivity index (χ3n) is 0.811. The van der Waals surface area contributed by atoms with Gasteiger partial charge < -0.3 is 4.85 Å². The first-order valence-corrected chi connectivity index (χ1v) is 2.17. The average molecular weight is 83.1 g/mol. The molecule has 1 nitrogen and oxygen atoms in total. The van der Waals surface area contributed by atoms with Gasteiger partial charge in [-0.15, -0.1) is 0 Å². The average Bonchev–Trinajstić information content (AvgIpc) is 1.65. The Morgan fingerprint density at radius 3 is 2.33 bits per heavy atom. The minimum Gasteiger partial charge on any atom is -0.314 e. The maximum Gasteiger partial charge on any atom is 0.220 e. The van der Waals surface area contributed by atoms with Gasteiger partial charge in [0.05, 0.1) is 0 Å². The highest BCUT2D eigenvalue weighted by Crippen LogP contribution is 1.90. The monoisotopic (exact) mass is 83.1 g/mol. The van der Waals surface area contributed by atoms with Crippen LogP contribution < -0.4 is 0 Å². The van der Waals surface area contributed by atoms with Crippen LogP contribution in [0.15, 0.2) is 0 Å². The van der Waals surface area contributed by atoms with Gasteiger partial charge in [-0.1, -0.05) is 6.92 Å². The van der Waals surface area contributed by atoms with Crippen molar-refractivity contribution in [2.24, 2.45) is 0 Å². The normalized spacial score (nSPS) is 12.8. The summed E-state index contributed by atoms with van der Waals surface area (Å²) >= 11 is 0. The standard InChI is InChI=1S/C5H9N/c1-4-5(2)6-3/h5H,4H2,1-2H3. The predicted octanol–water partition coefficient (Wildman–Crippen LogP) is 1.70. The van der Waals surface area contributed by atoms with Gasteiger partial charge in [0.25, 0.3) is 0 Å². The first-order valence-electron chi connectivity index (χ1n) is 2.17. The molecule has 0 aliphatic heterocycles. The molecule has 34 valence electrons. The van der Waals surface area contributed by atoms with E-state index in [1.54, 1.807) is 0 Å². The molecule has 0 amide bonds. The molecule has 0 aliphatic carbocycles. The molecule has 0 radical (unpaired) electrons. The highest BCUT2D eigenvalue weighted by atomic mass is 14.7. The van der Waals surface area contributed by atoms with Crippen LogP contribution in [0, 0.1) is 6.57 Å². The number of hydrogen-bond acceptors (Lipinski definition) is 0. The first-order chi connectivity index (χ1) is 2.81. The van der Waals surface area contributed by atoms with Crippen LogP contribution in [-0.2, 0) is 0 Å². The molecule has 1 unspecified atom stereocenters. The number of hydrogen-bond donors (Lipinski definition) is 0. The summed E-state index contributed by atoms with van der Waals surface area (Å²) in [7, 11) is 0. The third kappa shape index (κ3) is 1.78. The highest BCUT2D eigenvalue weighted by molar-refractivity contribution is 4.69. The smallest absolute Gasteiger partial charge is 0.220 e. The second kappa shape index (κ2) is 2.71. The lowest BCUT2D eigenvalue weighted by Gasteiger charge is -1.84. The van der Waals surface area contributed by atoms with Gasteiger partial charge in [0.1, 0.15) is 0 Å². The van der Waals surface area contributed by atoms with Gasteiger partial charge in [-0.2, -0.15) is 0 Å². The van der Waals surface area contributed by atoms with Gasteiger partial charge in [-0.25, -0.2) is 6.57 Å². The van der Waals surface area contributed by atoms with Crippen molar-refractivity contribution in [3.05, 3.63) is 11.4 Å². The lowest BCUT2D eigenvalue weighted by atomic mass is 10.3.